The largest absolute Gasteiger partial charge is 0.496 e. The Balaban J connectivity index is 1.80. The fourth-order valence-corrected chi connectivity index (χ4v) is 6.37. The molecule has 6 nitrogen and oxygen atoms in total. The lowest BCUT2D eigenvalue weighted by Crippen LogP contribution is -2.43. The zero-order valence-corrected chi connectivity index (χ0v) is 21.5. The third kappa shape index (κ3) is 5.18. The Bertz CT molecular complexity index is 1080. The van der Waals surface area contributed by atoms with Crippen molar-refractivity contribution in [1.82, 2.24) is 4.31 Å². The first-order chi connectivity index (χ1) is 15.2. The van der Waals surface area contributed by atoms with E-state index in [1.165, 1.54) is 4.31 Å². The number of anilines is 1. The molecule has 2 aromatic carbocycles. The summed E-state index contributed by atoms with van der Waals surface area (Å²) in [5, 5.41) is 3.12. The van der Waals surface area contributed by atoms with Crippen LogP contribution in [0.2, 0.25) is 0 Å². The van der Waals surface area contributed by atoms with Gasteiger partial charge in [-0.25, -0.2) is 8.42 Å². The maximum Gasteiger partial charge on any atom is 0.243 e. The first kappa shape index (κ1) is 24.7. The van der Waals surface area contributed by atoms with Crippen molar-refractivity contribution in [1.29, 1.82) is 0 Å². The predicted molar refractivity (Wildman–Crippen MR) is 131 cm³/mol. The molecular weight excluding hydrogens is 492 g/mol. The lowest BCUT2D eigenvalue weighted by atomic mass is 9.97. The normalized spacial score (nSPS) is 17.2. The number of halogens is 1. The van der Waals surface area contributed by atoms with Gasteiger partial charge in [0.25, 0.3) is 0 Å². The Hall–Kier alpha value is -1.90. The van der Waals surface area contributed by atoms with Crippen molar-refractivity contribution in [2.24, 2.45) is 5.92 Å². The molecule has 0 unspecified atom stereocenters. The van der Waals surface area contributed by atoms with Crippen LogP contribution in [0.3, 0.4) is 0 Å². The highest BCUT2D eigenvalue weighted by molar-refractivity contribution is 9.10. The van der Waals surface area contributed by atoms with Crippen LogP contribution >= 0.6 is 15.9 Å². The number of rotatable bonds is 7. The summed E-state index contributed by atoms with van der Waals surface area (Å²) in [6, 6.07) is 8.91. The van der Waals surface area contributed by atoms with E-state index in [1.54, 1.807) is 25.3 Å². The monoisotopic (exact) mass is 522 g/mol. The molecule has 1 amide bonds. The molecule has 1 saturated heterocycles. The van der Waals surface area contributed by atoms with E-state index in [-0.39, 0.29) is 17.3 Å². The van der Waals surface area contributed by atoms with Crippen molar-refractivity contribution in [2.45, 2.75) is 51.3 Å². The summed E-state index contributed by atoms with van der Waals surface area (Å²) in [4.78, 5) is 13.4. The number of sulfonamides is 1. The third-order valence-electron chi connectivity index (χ3n) is 6.04. The van der Waals surface area contributed by atoms with Crippen LogP contribution in [0.1, 0.15) is 43.4 Å². The smallest absolute Gasteiger partial charge is 0.243 e. The molecule has 0 radical (unpaired) electrons. The first-order valence-corrected chi connectivity index (χ1v) is 13.2. The number of nitrogens with one attached hydrogen (secondary N) is 1. The molecule has 1 aliphatic heterocycles. The van der Waals surface area contributed by atoms with Gasteiger partial charge in [-0.15, -0.1) is 0 Å². The number of amides is 1. The molecule has 0 bridgehead atoms. The number of hydrogen-bond acceptors (Lipinski definition) is 4. The quantitative estimate of drug-likeness (QED) is 0.559. The standard InChI is InChI=1S/C24H31BrN2O4S/c1-5-17-13-20(25)14-18(6-2)23(17)26-24(28)19-8-7-11-27(15-19)32(29,30)21-9-10-22(31-4)16(3)12-21/h9-10,12-14,19H,5-8,11,15H2,1-4H3,(H,26,28)/t19-/m0/s1. The molecule has 174 valence electrons. The van der Waals surface area contributed by atoms with Gasteiger partial charge in [0, 0.05) is 23.2 Å². The molecule has 1 heterocycles. The van der Waals surface area contributed by atoms with Crippen LogP contribution in [0.5, 0.6) is 5.75 Å². The van der Waals surface area contributed by atoms with E-state index in [0.717, 1.165) is 39.7 Å². The van der Waals surface area contributed by atoms with Gasteiger partial charge in [0.15, 0.2) is 0 Å². The number of hydrogen-bond donors (Lipinski definition) is 1. The summed E-state index contributed by atoms with van der Waals surface area (Å²) < 4.78 is 34.2. The van der Waals surface area contributed by atoms with E-state index >= 15 is 0 Å². The van der Waals surface area contributed by atoms with Crippen molar-refractivity contribution in [3.8, 4) is 5.75 Å². The van der Waals surface area contributed by atoms with Gasteiger partial charge in [-0.3, -0.25) is 4.79 Å². The Labute approximate surface area is 199 Å². The molecule has 8 heteroatoms. The lowest BCUT2D eigenvalue weighted by molar-refractivity contribution is -0.120. The molecule has 1 fully saturated rings. The van der Waals surface area contributed by atoms with Gasteiger partial charge in [-0.05, 0) is 79.6 Å². The van der Waals surface area contributed by atoms with Crippen LogP contribution in [-0.4, -0.2) is 38.8 Å². The second kappa shape index (κ2) is 10.4. The number of carbonyl (C=O) groups is 1. The van der Waals surface area contributed by atoms with E-state index in [2.05, 4.69) is 35.1 Å². The van der Waals surface area contributed by atoms with Crippen molar-refractivity contribution in [2.75, 3.05) is 25.5 Å². The second-order valence-corrected chi connectivity index (χ2v) is 11.0. The van der Waals surface area contributed by atoms with Crippen LogP contribution in [0.15, 0.2) is 39.7 Å². The van der Waals surface area contributed by atoms with Crippen molar-refractivity contribution in [3.63, 3.8) is 0 Å². The van der Waals surface area contributed by atoms with Crippen LogP contribution in [0, 0.1) is 12.8 Å². The Morgan fingerprint density at radius 3 is 2.41 bits per heavy atom. The maximum absolute atomic E-state index is 13.3. The molecule has 3 rings (SSSR count). The van der Waals surface area contributed by atoms with E-state index in [4.69, 9.17) is 4.74 Å². The number of aryl methyl sites for hydroxylation is 3. The molecule has 0 aliphatic carbocycles. The summed E-state index contributed by atoms with van der Waals surface area (Å²) in [7, 11) is -2.13. The molecular formula is C24H31BrN2O4S. The second-order valence-electron chi connectivity index (χ2n) is 8.13. The SMILES string of the molecule is CCc1cc(Br)cc(CC)c1NC(=O)[C@H]1CCCN(S(=O)(=O)c2ccc(OC)c(C)c2)C1. The van der Waals surface area contributed by atoms with Crippen LogP contribution in [0.25, 0.3) is 0 Å². The maximum atomic E-state index is 13.3. The lowest BCUT2D eigenvalue weighted by Gasteiger charge is -2.31. The summed E-state index contributed by atoms with van der Waals surface area (Å²) in [5.41, 5.74) is 3.75. The fraction of sp³-hybridized carbons (Fsp3) is 0.458. The molecule has 1 atom stereocenters. The average molecular weight is 523 g/mol. The zero-order chi connectivity index (χ0) is 23.5. The van der Waals surface area contributed by atoms with Crippen molar-refractivity contribution in [3.05, 3.63) is 51.5 Å². The Kier molecular flexibility index (Phi) is 8.01. The molecule has 32 heavy (non-hydrogen) atoms. The molecule has 0 saturated carbocycles. The molecule has 2 aromatic rings. The molecule has 1 N–H and O–H groups in total. The van der Waals surface area contributed by atoms with E-state index in [9.17, 15) is 13.2 Å². The van der Waals surface area contributed by atoms with Gasteiger partial charge in [0.05, 0.1) is 17.9 Å². The molecule has 1 aliphatic rings. The highest BCUT2D eigenvalue weighted by atomic mass is 79.9. The van der Waals surface area contributed by atoms with E-state index in [0.29, 0.717) is 25.1 Å². The van der Waals surface area contributed by atoms with Gasteiger partial charge in [-0.2, -0.15) is 4.31 Å². The highest BCUT2D eigenvalue weighted by Crippen LogP contribution is 2.30. The van der Waals surface area contributed by atoms with Crippen molar-refractivity contribution >= 4 is 37.5 Å². The number of methoxy groups -OCH3 is 1. The van der Waals surface area contributed by atoms with Gasteiger partial charge in [0.2, 0.25) is 15.9 Å². The third-order valence-corrected chi connectivity index (χ3v) is 8.35. The topological polar surface area (TPSA) is 75.7 Å². The predicted octanol–water partition coefficient (Wildman–Crippen LogP) is 4.93. The van der Waals surface area contributed by atoms with E-state index in [1.807, 2.05) is 19.1 Å². The minimum atomic E-state index is -3.69. The summed E-state index contributed by atoms with van der Waals surface area (Å²) >= 11 is 3.54. The minimum Gasteiger partial charge on any atom is -0.496 e. The number of carbonyl (C=O) groups excluding carboxylic acids is 1. The molecule has 0 spiro atoms. The van der Waals surface area contributed by atoms with Crippen LogP contribution in [0.4, 0.5) is 5.69 Å². The highest BCUT2D eigenvalue weighted by Gasteiger charge is 2.34. The van der Waals surface area contributed by atoms with Crippen molar-refractivity contribution < 1.29 is 17.9 Å². The average Bonchev–Trinajstić information content (AvgIpc) is 2.79. The number of nitrogens with zero attached hydrogens (tertiary/aromatic N) is 1. The zero-order valence-electron chi connectivity index (χ0n) is 19.1. The Morgan fingerprint density at radius 2 is 1.84 bits per heavy atom. The van der Waals surface area contributed by atoms with Gasteiger partial charge in [0.1, 0.15) is 5.75 Å². The number of ether oxygens (including phenoxy) is 1. The number of benzene rings is 2. The van der Waals surface area contributed by atoms with Crippen LogP contribution < -0.4 is 10.1 Å². The summed E-state index contributed by atoms with van der Waals surface area (Å²) in [5.74, 6) is 0.131. The van der Waals surface area contributed by atoms with Gasteiger partial charge >= 0.3 is 0 Å². The van der Waals surface area contributed by atoms with Crippen LogP contribution in [-0.2, 0) is 27.7 Å². The Morgan fingerprint density at radius 1 is 1.19 bits per heavy atom. The van der Waals surface area contributed by atoms with E-state index < -0.39 is 15.9 Å². The fourth-order valence-electron chi connectivity index (χ4n) is 4.20. The van der Waals surface area contributed by atoms with Gasteiger partial charge < -0.3 is 10.1 Å². The minimum absolute atomic E-state index is 0.123. The summed E-state index contributed by atoms with van der Waals surface area (Å²) in [6.07, 6.45) is 2.90. The summed E-state index contributed by atoms with van der Waals surface area (Å²) in [6.45, 7) is 6.53. The molecule has 0 aromatic heterocycles. The van der Waals surface area contributed by atoms with Gasteiger partial charge in [-0.1, -0.05) is 29.8 Å². The first-order valence-electron chi connectivity index (χ1n) is 11.0. The number of piperidine rings is 1.